The molecule has 0 aliphatic carbocycles. The minimum atomic E-state index is -4.59. The minimum Gasteiger partial charge on any atom is -0.383 e. The maximum atomic E-state index is 13.3. The Balaban J connectivity index is 1.62. The lowest BCUT2D eigenvalue weighted by molar-refractivity contribution is -0.137. The van der Waals surface area contributed by atoms with E-state index in [1.165, 1.54) is 6.20 Å². The van der Waals surface area contributed by atoms with E-state index in [0.29, 0.717) is 29.9 Å². The van der Waals surface area contributed by atoms with Crippen LogP contribution in [-0.4, -0.2) is 34.2 Å². The standard InChI is InChI=1S/C19H16F3IN6O/c20-19(21,22)12-7-10(8-26-18(12)24)14-1-2-15-16(27-14)17-13(9-25-15)23-28-29(17)11-3-5-30-6-4-11/h1-2,7-9,11H,3-6H2,(H2,24,26). The highest BCUT2D eigenvalue weighted by atomic mass is 127. The molecule has 2 aliphatic heterocycles. The van der Waals surface area contributed by atoms with Crippen molar-refractivity contribution in [3.8, 4) is 11.3 Å². The summed E-state index contributed by atoms with van der Waals surface area (Å²) in [6.45, 7) is 1.37. The number of aromatic nitrogens is 3. The van der Waals surface area contributed by atoms with Gasteiger partial charge in [0.2, 0.25) is 0 Å². The molecule has 5 heterocycles. The van der Waals surface area contributed by atoms with E-state index in [1.54, 1.807) is 12.1 Å². The quantitative estimate of drug-likeness (QED) is 0.492. The van der Waals surface area contributed by atoms with Crippen LogP contribution in [0.15, 0.2) is 33.8 Å². The van der Waals surface area contributed by atoms with E-state index in [0.717, 1.165) is 28.2 Å². The predicted octanol–water partition coefficient (Wildman–Crippen LogP) is 4.53. The number of nitrogen functional groups attached to an aromatic ring is 1. The van der Waals surface area contributed by atoms with E-state index in [4.69, 9.17) is 13.7 Å². The molecule has 11 heteroatoms. The molecular formula is C19H16F3IN6O. The Kier molecular flexibility index (Phi) is 4.81. The number of ether oxygens (including phenoxy) is 1. The molecule has 0 aromatic carbocycles. The molecule has 0 saturated carbocycles. The summed E-state index contributed by atoms with van der Waals surface area (Å²) >= 11 is -0.580. The second-order valence-electron chi connectivity index (χ2n) is 7.02. The maximum absolute atomic E-state index is 13.3. The van der Waals surface area contributed by atoms with Crippen LogP contribution in [0, 0.1) is 3.57 Å². The number of fused-ring (bicyclic) bond motifs is 3. The third-order valence-corrected chi connectivity index (χ3v) is 7.13. The van der Waals surface area contributed by atoms with Crippen LogP contribution >= 0.6 is 21.0 Å². The molecule has 7 nitrogen and oxygen atoms in total. The molecule has 0 unspecified atom stereocenters. The van der Waals surface area contributed by atoms with E-state index in [9.17, 15) is 13.2 Å². The first-order chi connectivity index (χ1) is 14.4. The number of nitrogens with two attached hydrogens (primary N) is 1. The van der Waals surface area contributed by atoms with Crippen molar-refractivity contribution in [2.24, 2.45) is 3.25 Å². The molecule has 30 heavy (non-hydrogen) atoms. The van der Waals surface area contributed by atoms with Crippen LogP contribution in [0.2, 0.25) is 0 Å². The molecule has 2 aliphatic rings. The average Bonchev–Trinajstić information content (AvgIpc) is 3.18. The molecule has 2 N–H and O–H groups in total. The van der Waals surface area contributed by atoms with Crippen molar-refractivity contribution in [1.29, 1.82) is 0 Å². The molecular weight excluding hydrogens is 512 g/mol. The summed E-state index contributed by atoms with van der Waals surface area (Å²) in [7, 11) is 0. The highest BCUT2D eigenvalue weighted by Crippen LogP contribution is 2.42. The number of nitrogens with zero attached hydrogens (tertiary/aromatic N) is 5. The zero-order chi connectivity index (χ0) is 20.9. The Morgan fingerprint density at radius 3 is 2.70 bits per heavy atom. The highest BCUT2D eigenvalue weighted by molar-refractivity contribution is 14.2. The first-order valence-corrected chi connectivity index (χ1v) is 11.3. The lowest BCUT2D eigenvalue weighted by Crippen LogP contribution is -2.35. The molecule has 0 radical (unpaired) electrons. The van der Waals surface area contributed by atoms with Crippen LogP contribution in [0.1, 0.15) is 18.4 Å². The Morgan fingerprint density at radius 2 is 1.93 bits per heavy atom. The fraction of sp³-hybridized carbons (Fsp3) is 0.316. The monoisotopic (exact) mass is 528 g/mol. The SMILES string of the molecule is Nc1ncc(-c2ccc3ncc4c(c3n2)N(C2CCOCC2)N=I4)cc1C(F)(F)F. The van der Waals surface area contributed by atoms with Gasteiger partial charge in [-0.3, -0.25) is 9.99 Å². The maximum Gasteiger partial charge on any atom is 0.419 e. The van der Waals surface area contributed by atoms with Gasteiger partial charge in [0.1, 0.15) is 17.0 Å². The van der Waals surface area contributed by atoms with Gasteiger partial charge < -0.3 is 10.5 Å². The smallest absolute Gasteiger partial charge is 0.383 e. The summed E-state index contributed by atoms with van der Waals surface area (Å²) in [5.74, 6) is -0.552. The van der Waals surface area contributed by atoms with E-state index < -0.39 is 38.6 Å². The summed E-state index contributed by atoms with van der Waals surface area (Å²) < 4.78 is 51.1. The second-order valence-corrected chi connectivity index (χ2v) is 9.10. The summed E-state index contributed by atoms with van der Waals surface area (Å²) in [5.41, 5.74) is 7.33. The topological polar surface area (TPSA) is 89.5 Å². The third kappa shape index (κ3) is 3.39. The van der Waals surface area contributed by atoms with E-state index in [-0.39, 0.29) is 11.6 Å². The molecule has 1 fully saturated rings. The van der Waals surface area contributed by atoms with E-state index in [1.807, 2.05) is 11.2 Å². The first kappa shape index (κ1) is 19.5. The van der Waals surface area contributed by atoms with Crippen molar-refractivity contribution in [3.63, 3.8) is 0 Å². The van der Waals surface area contributed by atoms with Crippen molar-refractivity contribution >= 4 is 43.6 Å². The summed E-state index contributed by atoms with van der Waals surface area (Å²) in [4.78, 5) is 12.9. The number of rotatable bonds is 2. The molecule has 3 aromatic rings. The fourth-order valence-electron chi connectivity index (χ4n) is 3.61. The summed E-state index contributed by atoms with van der Waals surface area (Å²) in [6, 6.07) is 4.63. The van der Waals surface area contributed by atoms with Gasteiger partial charge in [0.25, 0.3) is 0 Å². The van der Waals surface area contributed by atoms with Gasteiger partial charge in [-0.2, -0.15) is 13.2 Å². The van der Waals surface area contributed by atoms with Crippen molar-refractivity contribution in [2.75, 3.05) is 24.0 Å². The van der Waals surface area contributed by atoms with Crippen molar-refractivity contribution < 1.29 is 17.9 Å². The Bertz CT molecular complexity index is 1160. The Morgan fingerprint density at radius 1 is 1.13 bits per heavy atom. The molecule has 0 spiro atoms. The average molecular weight is 528 g/mol. The zero-order valence-electron chi connectivity index (χ0n) is 15.5. The minimum absolute atomic E-state index is 0.228. The molecule has 0 atom stereocenters. The van der Waals surface area contributed by atoms with Gasteiger partial charge in [0.15, 0.2) is 0 Å². The molecule has 3 aromatic heterocycles. The summed E-state index contributed by atoms with van der Waals surface area (Å²) in [5, 5.41) is 2.04. The highest BCUT2D eigenvalue weighted by Gasteiger charge is 2.34. The number of anilines is 2. The fourth-order valence-corrected chi connectivity index (χ4v) is 5.63. The molecule has 0 bridgehead atoms. The molecule has 5 rings (SSSR count). The van der Waals surface area contributed by atoms with Gasteiger partial charge in [-0.05, 0) is 31.0 Å². The lowest BCUT2D eigenvalue weighted by atomic mass is 10.1. The van der Waals surface area contributed by atoms with Crippen LogP contribution in [0.4, 0.5) is 24.7 Å². The van der Waals surface area contributed by atoms with E-state index >= 15 is 0 Å². The van der Waals surface area contributed by atoms with Crippen molar-refractivity contribution in [1.82, 2.24) is 15.0 Å². The van der Waals surface area contributed by atoms with Gasteiger partial charge in [-0.25, -0.2) is 9.97 Å². The van der Waals surface area contributed by atoms with Gasteiger partial charge in [-0.1, -0.05) is 0 Å². The third-order valence-electron chi connectivity index (χ3n) is 5.14. The summed E-state index contributed by atoms with van der Waals surface area (Å²) in [6.07, 6.45) is 0.292. The predicted molar refractivity (Wildman–Crippen MR) is 114 cm³/mol. The normalized spacial score (nSPS) is 17.2. The largest absolute Gasteiger partial charge is 0.419 e. The van der Waals surface area contributed by atoms with Gasteiger partial charge >= 0.3 is 6.18 Å². The number of alkyl halides is 3. The van der Waals surface area contributed by atoms with Crippen molar-refractivity contribution in [2.45, 2.75) is 25.1 Å². The lowest BCUT2D eigenvalue weighted by Gasteiger charge is -2.30. The molecule has 0 amide bonds. The van der Waals surface area contributed by atoms with Gasteiger partial charge in [0.05, 0.1) is 47.4 Å². The number of hydrogen-bond donors (Lipinski definition) is 1. The van der Waals surface area contributed by atoms with Crippen LogP contribution in [0.25, 0.3) is 22.3 Å². The number of hydrogen-bond acceptors (Lipinski definition) is 7. The Labute approximate surface area is 179 Å². The molecule has 156 valence electrons. The van der Waals surface area contributed by atoms with Crippen LogP contribution in [0.3, 0.4) is 0 Å². The zero-order valence-corrected chi connectivity index (χ0v) is 17.7. The van der Waals surface area contributed by atoms with Gasteiger partial charge in [0, 0.05) is 31.2 Å². The van der Waals surface area contributed by atoms with E-state index in [2.05, 4.69) is 15.0 Å². The van der Waals surface area contributed by atoms with Gasteiger partial charge in [-0.15, -0.1) is 3.25 Å². The van der Waals surface area contributed by atoms with Crippen LogP contribution < -0.4 is 10.7 Å². The van der Waals surface area contributed by atoms with Crippen LogP contribution in [0.5, 0.6) is 0 Å². The molecule has 1 saturated heterocycles. The second kappa shape index (κ2) is 7.38. The first-order valence-electron chi connectivity index (χ1n) is 9.27. The van der Waals surface area contributed by atoms with Crippen molar-refractivity contribution in [3.05, 3.63) is 39.7 Å². The van der Waals surface area contributed by atoms with Crippen LogP contribution in [-0.2, 0) is 10.9 Å². The Hall–Kier alpha value is -2.41. The number of pyridine rings is 3. The number of halogens is 4.